The Morgan fingerprint density at radius 2 is 1.47 bits per heavy atom. The van der Waals surface area contributed by atoms with E-state index in [1.165, 1.54) is 12.8 Å². The second kappa shape index (κ2) is 22.9. The summed E-state index contributed by atoms with van der Waals surface area (Å²) in [6.07, 6.45) is 3.56. The summed E-state index contributed by atoms with van der Waals surface area (Å²) >= 11 is 0. The number of hydrogen-bond acceptors (Lipinski definition) is 1. The van der Waals surface area contributed by atoms with Gasteiger partial charge in [-0.3, -0.25) is 0 Å². The third-order valence-corrected chi connectivity index (χ3v) is 2.45. The summed E-state index contributed by atoms with van der Waals surface area (Å²) in [6.45, 7) is 16.1. The van der Waals surface area contributed by atoms with E-state index in [1.54, 1.807) is 7.11 Å². The van der Waals surface area contributed by atoms with Crippen LogP contribution in [0.25, 0.3) is 5.32 Å². The van der Waals surface area contributed by atoms with Gasteiger partial charge in [-0.1, -0.05) is 61.3 Å². The SMILES string of the molecule is CC.CC.CC.CCC1(CCOC)CC[N-]1.[Rb+]. The molecule has 1 unspecified atom stereocenters. The molecule has 1 aliphatic heterocycles. The Kier molecular flexibility index (Phi) is 36.5. The molecule has 0 aromatic rings. The molecule has 17 heavy (non-hydrogen) atoms. The van der Waals surface area contributed by atoms with Crippen LogP contribution in [0.3, 0.4) is 0 Å². The zero-order chi connectivity index (χ0) is 13.4. The first-order valence-electron chi connectivity index (χ1n) is 7.00. The van der Waals surface area contributed by atoms with Crippen molar-refractivity contribution < 1.29 is 62.9 Å². The molecule has 1 rings (SSSR count). The second-order valence-corrected chi connectivity index (χ2v) is 2.95. The van der Waals surface area contributed by atoms with Crippen molar-refractivity contribution >= 4 is 0 Å². The maximum absolute atomic E-state index is 5.02. The van der Waals surface area contributed by atoms with Crippen LogP contribution < -0.4 is 58.2 Å². The van der Waals surface area contributed by atoms with Gasteiger partial charge in [0, 0.05) is 13.7 Å². The van der Waals surface area contributed by atoms with Crippen molar-refractivity contribution in [1.29, 1.82) is 0 Å². The molecule has 0 aliphatic carbocycles. The van der Waals surface area contributed by atoms with Crippen molar-refractivity contribution in [2.75, 3.05) is 20.3 Å². The molecule has 1 heterocycles. The predicted molar refractivity (Wildman–Crippen MR) is 76.4 cm³/mol. The molecule has 1 atom stereocenters. The van der Waals surface area contributed by atoms with Crippen molar-refractivity contribution in [2.45, 2.75) is 73.3 Å². The molecule has 3 heteroatoms. The minimum Gasteiger partial charge on any atom is -0.657 e. The van der Waals surface area contributed by atoms with Gasteiger partial charge in [0.05, 0.1) is 0 Å². The zero-order valence-electron chi connectivity index (χ0n) is 13.9. The maximum Gasteiger partial charge on any atom is 1.00 e. The smallest absolute Gasteiger partial charge is 0.657 e. The van der Waals surface area contributed by atoms with E-state index < -0.39 is 0 Å². The van der Waals surface area contributed by atoms with E-state index in [9.17, 15) is 0 Å². The first-order chi connectivity index (χ1) is 7.83. The van der Waals surface area contributed by atoms with E-state index >= 15 is 0 Å². The van der Waals surface area contributed by atoms with E-state index in [-0.39, 0.29) is 58.2 Å². The van der Waals surface area contributed by atoms with Crippen molar-refractivity contribution in [3.63, 3.8) is 0 Å². The van der Waals surface area contributed by atoms with Crippen molar-refractivity contribution in [1.82, 2.24) is 0 Å². The van der Waals surface area contributed by atoms with Gasteiger partial charge in [-0.2, -0.15) is 0 Å². The van der Waals surface area contributed by atoms with Crippen LogP contribution in [0, 0.1) is 0 Å². The Balaban J connectivity index is -0.000000106. The van der Waals surface area contributed by atoms with E-state index in [1.807, 2.05) is 41.5 Å². The van der Waals surface area contributed by atoms with Crippen LogP contribution in [0.15, 0.2) is 0 Å². The van der Waals surface area contributed by atoms with Crippen LogP contribution in [0.5, 0.6) is 0 Å². The van der Waals surface area contributed by atoms with Crippen LogP contribution >= 0.6 is 0 Å². The molecule has 0 amide bonds. The quantitative estimate of drug-likeness (QED) is 0.778. The second-order valence-electron chi connectivity index (χ2n) is 2.95. The number of methoxy groups -OCH3 is 1. The summed E-state index contributed by atoms with van der Waals surface area (Å²) < 4.78 is 5.02. The zero-order valence-corrected chi connectivity index (χ0v) is 18.8. The number of nitrogens with zero attached hydrogens (tertiary/aromatic N) is 1. The normalized spacial score (nSPS) is 19.8. The fourth-order valence-corrected chi connectivity index (χ4v) is 1.39. The number of rotatable bonds is 4. The summed E-state index contributed by atoms with van der Waals surface area (Å²) in [5, 5.41) is 4.48. The Morgan fingerprint density at radius 1 is 1.06 bits per heavy atom. The van der Waals surface area contributed by atoms with Gasteiger partial charge in [0.15, 0.2) is 0 Å². The molecule has 1 fully saturated rings. The summed E-state index contributed by atoms with van der Waals surface area (Å²) in [5.74, 6) is 0. The van der Waals surface area contributed by atoms with E-state index in [2.05, 4.69) is 12.2 Å². The van der Waals surface area contributed by atoms with Crippen molar-refractivity contribution in [2.24, 2.45) is 0 Å². The first-order valence-corrected chi connectivity index (χ1v) is 7.00. The third kappa shape index (κ3) is 14.0. The molecule has 0 saturated carbocycles. The third-order valence-electron chi connectivity index (χ3n) is 2.45. The number of ether oxygens (including phenoxy) is 1. The molecule has 0 radical (unpaired) electrons. The van der Waals surface area contributed by atoms with Gasteiger partial charge in [-0.05, 0) is 6.42 Å². The Bertz CT molecular complexity index is 101. The largest absolute Gasteiger partial charge is 1.00 e. The molecule has 0 bridgehead atoms. The van der Waals surface area contributed by atoms with E-state index in [0.29, 0.717) is 5.54 Å². The van der Waals surface area contributed by atoms with Gasteiger partial charge in [0.2, 0.25) is 0 Å². The molecule has 1 aliphatic rings. The standard InChI is InChI=1S/C8H16NO.3C2H6.Rb/c1-3-8(4-6-9-8)5-7-10-2;3*1-2;/h3-7H2,1-2H3;3*1-2H3;/q-1;;;;+1. The minimum absolute atomic E-state index is 0. The maximum atomic E-state index is 5.02. The molecule has 0 spiro atoms. The summed E-state index contributed by atoms with van der Waals surface area (Å²) in [7, 11) is 1.75. The van der Waals surface area contributed by atoms with Crippen LogP contribution in [0.2, 0.25) is 0 Å². The molecular weight excluding hydrogens is 284 g/mol. The Hall–Kier alpha value is 1.73. The Morgan fingerprint density at radius 3 is 1.65 bits per heavy atom. The van der Waals surface area contributed by atoms with E-state index in [0.717, 1.165) is 19.6 Å². The average molecular weight is 318 g/mol. The van der Waals surface area contributed by atoms with Gasteiger partial charge in [-0.15, -0.1) is 12.1 Å². The molecule has 1 saturated heterocycles. The first kappa shape index (κ1) is 27.1. The van der Waals surface area contributed by atoms with Gasteiger partial charge in [0.25, 0.3) is 0 Å². The van der Waals surface area contributed by atoms with Gasteiger partial charge < -0.3 is 10.1 Å². The van der Waals surface area contributed by atoms with Crippen LogP contribution in [-0.2, 0) is 4.74 Å². The van der Waals surface area contributed by atoms with Crippen molar-refractivity contribution in [3.05, 3.63) is 5.32 Å². The molecule has 0 aromatic carbocycles. The molecule has 102 valence electrons. The summed E-state index contributed by atoms with van der Waals surface area (Å²) in [4.78, 5) is 0. The molecule has 2 nitrogen and oxygen atoms in total. The monoisotopic (exact) mass is 317 g/mol. The molecule has 0 aromatic heterocycles. The summed E-state index contributed by atoms with van der Waals surface area (Å²) in [5.41, 5.74) is 0.315. The average Bonchev–Trinajstić information content (AvgIpc) is 2.36. The minimum atomic E-state index is 0. The van der Waals surface area contributed by atoms with Crippen LogP contribution in [0.4, 0.5) is 0 Å². The molecular formula is C14H34NORb. The Labute approximate surface area is 159 Å². The summed E-state index contributed by atoms with van der Waals surface area (Å²) in [6, 6.07) is 0. The fraction of sp³-hybridized carbons (Fsp3) is 1.00. The number of hydrogen-bond donors (Lipinski definition) is 0. The predicted octanol–water partition coefficient (Wildman–Crippen LogP) is 2.03. The van der Waals surface area contributed by atoms with Crippen molar-refractivity contribution in [3.8, 4) is 0 Å². The van der Waals surface area contributed by atoms with Gasteiger partial charge >= 0.3 is 58.2 Å². The van der Waals surface area contributed by atoms with Gasteiger partial charge in [-0.25, -0.2) is 0 Å². The van der Waals surface area contributed by atoms with E-state index in [4.69, 9.17) is 4.74 Å². The van der Waals surface area contributed by atoms with Gasteiger partial charge in [0.1, 0.15) is 0 Å². The topological polar surface area (TPSA) is 23.3 Å². The van der Waals surface area contributed by atoms with Crippen LogP contribution in [-0.4, -0.2) is 25.8 Å². The molecule has 0 N–H and O–H groups in total. The van der Waals surface area contributed by atoms with Crippen LogP contribution in [0.1, 0.15) is 67.7 Å². The fourth-order valence-electron chi connectivity index (χ4n) is 1.39.